The van der Waals surface area contributed by atoms with E-state index in [9.17, 15) is 19.5 Å². The minimum Gasteiger partial charge on any atom is -0.548 e. The lowest BCUT2D eigenvalue weighted by atomic mass is 10.1. The highest BCUT2D eigenvalue weighted by Crippen LogP contribution is 2.23. The molecule has 0 aliphatic heterocycles. The molecular weight excluding hydrogens is 370 g/mol. The number of aryl methyl sites for hydroxylation is 1. The predicted octanol–water partition coefficient (Wildman–Crippen LogP) is 1.11. The zero-order valence-electron chi connectivity index (χ0n) is 15.4. The number of aliphatic carboxylic acids is 1. The largest absolute Gasteiger partial charge is 0.548 e. The molecule has 1 aromatic heterocycles. The summed E-state index contributed by atoms with van der Waals surface area (Å²) in [7, 11) is 0. The van der Waals surface area contributed by atoms with Crippen LogP contribution < -0.4 is 20.8 Å². The monoisotopic (exact) mass is 392 g/mol. The van der Waals surface area contributed by atoms with Crippen LogP contribution in [0.25, 0.3) is 11.0 Å². The van der Waals surface area contributed by atoms with E-state index in [1.165, 1.54) is 24.8 Å². The van der Waals surface area contributed by atoms with Crippen molar-refractivity contribution in [1.29, 1.82) is 0 Å². The molecule has 0 saturated carbocycles. The molecule has 2 rings (SSSR count). The molecule has 1 amide bonds. The van der Waals surface area contributed by atoms with Crippen LogP contribution in [-0.2, 0) is 16.0 Å². The molecule has 7 nitrogen and oxygen atoms in total. The molecule has 146 valence electrons. The van der Waals surface area contributed by atoms with E-state index in [0.29, 0.717) is 23.5 Å². The fourth-order valence-corrected chi connectivity index (χ4v) is 3.08. The number of carboxylic acids is 1. The van der Waals surface area contributed by atoms with Gasteiger partial charge in [0.2, 0.25) is 0 Å². The molecule has 0 fully saturated rings. The molecule has 0 saturated heterocycles. The van der Waals surface area contributed by atoms with Crippen molar-refractivity contribution >= 4 is 34.6 Å². The van der Waals surface area contributed by atoms with E-state index in [0.717, 1.165) is 10.9 Å². The first-order chi connectivity index (χ1) is 12.8. The third kappa shape index (κ3) is 5.50. The summed E-state index contributed by atoms with van der Waals surface area (Å²) in [5.74, 6) is -0.966. The van der Waals surface area contributed by atoms with Crippen LogP contribution in [-0.4, -0.2) is 36.0 Å². The Morgan fingerprint density at radius 3 is 2.70 bits per heavy atom. The molecule has 2 atom stereocenters. The van der Waals surface area contributed by atoms with Crippen molar-refractivity contribution in [3.63, 3.8) is 0 Å². The quantitative estimate of drug-likeness (QED) is 0.637. The maximum absolute atomic E-state index is 12.2. The Hall–Kier alpha value is -2.48. The van der Waals surface area contributed by atoms with Gasteiger partial charge in [0, 0.05) is 17.5 Å². The van der Waals surface area contributed by atoms with Gasteiger partial charge in [-0.05, 0) is 49.5 Å². The molecule has 27 heavy (non-hydrogen) atoms. The lowest BCUT2D eigenvalue weighted by molar-refractivity contribution is -0.308. The maximum atomic E-state index is 12.2. The van der Waals surface area contributed by atoms with Gasteiger partial charge in [0.05, 0.1) is 12.0 Å². The lowest BCUT2D eigenvalue weighted by Gasteiger charge is -2.22. The van der Waals surface area contributed by atoms with Crippen molar-refractivity contribution < 1.29 is 23.8 Å². The fourth-order valence-electron chi connectivity index (χ4n) is 2.61. The van der Waals surface area contributed by atoms with E-state index < -0.39 is 29.6 Å². The van der Waals surface area contributed by atoms with Crippen molar-refractivity contribution in [1.82, 2.24) is 5.32 Å². The van der Waals surface area contributed by atoms with Gasteiger partial charge in [-0.2, -0.15) is 11.8 Å². The number of amides is 1. The van der Waals surface area contributed by atoms with Crippen molar-refractivity contribution in [3.05, 3.63) is 40.2 Å². The Bertz CT molecular complexity index is 878. The van der Waals surface area contributed by atoms with Crippen LogP contribution in [0.2, 0.25) is 0 Å². The number of fused-ring (bicyclic) bond motifs is 1. The van der Waals surface area contributed by atoms with E-state index in [1.807, 2.05) is 13.2 Å². The van der Waals surface area contributed by atoms with Crippen LogP contribution >= 0.6 is 11.8 Å². The van der Waals surface area contributed by atoms with Gasteiger partial charge in [-0.1, -0.05) is 6.92 Å². The number of carboxylic acid groups (broad SMARTS) is 1. The summed E-state index contributed by atoms with van der Waals surface area (Å²) in [6.45, 7) is 3.45. The molecule has 0 aliphatic rings. The van der Waals surface area contributed by atoms with Gasteiger partial charge in [0.15, 0.2) is 6.10 Å². The highest BCUT2D eigenvalue weighted by molar-refractivity contribution is 7.98. The number of rotatable bonds is 9. The summed E-state index contributed by atoms with van der Waals surface area (Å²) in [6.07, 6.45) is 1.87. The average Bonchev–Trinajstić information content (AvgIpc) is 2.63. The Kier molecular flexibility index (Phi) is 7.29. The number of thioether (sulfide) groups is 1. The number of nitrogens with one attached hydrogen (secondary N) is 1. The normalized spacial score (nSPS) is 13.1. The zero-order valence-corrected chi connectivity index (χ0v) is 16.3. The molecule has 0 bridgehead atoms. The lowest BCUT2D eigenvalue weighted by Crippen LogP contribution is -2.51. The summed E-state index contributed by atoms with van der Waals surface area (Å²) in [6, 6.07) is 5.36. The smallest absolute Gasteiger partial charge is 0.336 e. The van der Waals surface area contributed by atoms with Gasteiger partial charge in [-0.3, -0.25) is 4.79 Å². The Balaban J connectivity index is 2.12. The van der Waals surface area contributed by atoms with Crippen molar-refractivity contribution in [3.8, 4) is 5.75 Å². The molecule has 1 aromatic carbocycles. The third-order valence-electron chi connectivity index (χ3n) is 4.08. The summed E-state index contributed by atoms with van der Waals surface area (Å²) in [5, 5.41) is 14.4. The number of carbonyl (C=O) groups excluding carboxylic acids is 2. The number of hydrogen-bond acceptors (Lipinski definition) is 7. The molecule has 1 heterocycles. The van der Waals surface area contributed by atoms with Gasteiger partial charge >= 0.3 is 5.63 Å². The minimum absolute atomic E-state index is 0.267. The first-order valence-electron chi connectivity index (χ1n) is 8.59. The van der Waals surface area contributed by atoms with E-state index in [-0.39, 0.29) is 6.42 Å². The Morgan fingerprint density at radius 1 is 1.33 bits per heavy atom. The van der Waals surface area contributed by atoms with Crippen LogP contribution in [0, 0.1) is 0 Å². The number of ether oxygens (including phenoxy) is 1. The van der Waals surface area contributed by atoms with Gasteiger partial charge in [0.1, 0.15) is 11.3 Å². The van der Waals surface area contributed by atoms with Crippen LogP contribution in [0.15, 0.2) is 33.5 Å². The SMILES string of the molecule is CCc1cc(=O)oc2cc(O[C@H](C)C(=O)N[C@@H](CCSC)C(=O)[O-])ccc12. The molecule has 8 heteroatoms. The number of carbonyl (C=O) groups is 2. The van der Waals surface area contributed by atoms with Crippen molar-refractivity contribution in [2.45, 2.75) is 38.8 Å². The van der Waals surface area contributed by atoms with Crippen molar-refractivity contribution in [2.24, 2.45) is 0 Å². The first-order valence-corrected chi connectivity index (χ1v) is 9.98. The summed E-state index contributed by atoms with van der Waals surface area (Å²) in [4.78, 5) is 35.0. The highest BCUT2D eigenvalue weighted by Gasteiger charge is 2.20. The highest BCUT2D eigenvalue weighted by atomic mass is 32.2. The van der Waals surface area contributed by atoms with E-state index in [4.69, 9.17) is 9.15 Å². The summed E-state index contributed by atoms with van der Waals surface area (Å²) >= 11 is 1.48. The average molecular weight is 392 g/mol. The van der Waals surface area contributed by atoms with Crippen molar-refractivity contribution in [2.75, 3.05) is 12.0 Å². The second-order valence-electron chi connectivity index (χ2n) is 6.02. The zero-order chi connectivity index (χ0) is 20.0. The Morgan fingerprint density at radius 2 is 2.07 bits per heavy atom. The number of benzene rings is 1. The first kappa shape index (κ1) is 20.8. The van der Waals surface area contributed by atoms with E-state index in [1.54, 1.807) is 18.2 Å². The van der Waals surface area contributed by atoms with E-state index >= 15 is 0 Å². The van der Waals surface area contributed by atoms with Crippen LogP contribution in [0.5, 0.6) is 5.75 Å². The molecule has 2 aromatic rings. The molecular formula is C19H22NO6S-. The minimum atomic E-state index is -1.33. The number of hydrogen-bond donors (Lipinski definition) is 1. The predicted molar refractivity (Wildman–Crippen MR) is 102 cm³/mol. The van der Waals surface area contributed by atoms with E-state index in [2.05, 4.69) is 5.32 Å². The van der Waals surface area contributed by atoms with Gasteiger partial charge < -0.3 is 24.4 Å². The molecule has 0 radical (unpaired) electrons. The standard InChI is InChI=1S/C19H23NO6S/c1-4-12-9-17(21)26-16-10-13(5-6-14(12)16)25-11(2)18(22)20-15(19(23)24)7-8-27-3/h5-6,9-11,15H,4,7-8H2,1-3H3,(H,20,22)(H,23,24)/p-1/t11-,15+/m1/s1. The molecule has 0 unspecified atom stereocenters. The second-order valence-corrected chi connectivity index (χ2v) is 7.01. The third-order valence-corrected chi connectivity index (χ3v) is 4.72. The summed E-state index contributed by atoms with van der Waals surface area (Å²) < 4.78 is 10.8. The summed E-state index contributed by atoms with van der Waals surface area (Å²) in [5.41, 5.74) is 0.786. The second kappa shape index (κ2) is 9.45. The molecule has 1 N–H and O–H groups in total. The van der Waals surface area contributed by atoms with Crippen LogP contribution in [0.1, 0.15) is 25.8 Å². The molecule has 0 spiro atoms. The van der Waals surface area contributed by atoms with Gasteiger partial charge in [-0.15, -0.1) is 0 Å². The van der Waals surface area contributed by atoms with Gasteiger partial charge in [-0.25, -0.2) is 4.79 Å². The Labute approximate surface area is 161 Å². The topological polar surface area (TPSA) is 109 Å². The van der Waals surface area contributed by atoms with Crippen LogP contribution in [0.3, 0.4) is 0 Å². The van der Waals surface area contributed by atoms with Gasteiger partial charge in [0.25, 0.3) is 5.91 Å². The fraction of sp³-hybridized carbons (Fsp3) is 0.421. The maximum Gasteiger partial charge on any atom is 0.336 e. The van der Waals surface area contributed by atoms with Crippen LogP contribution in [0.4, 0.5) is 0 Å². The molecule has 0 aliphatic carbocycles.